The molecule has 0 saturated heterocycles. The van der Waals surface area contributed by atoms with Crippen LogP contribution in [0.3, 0.4) is 0 Å². The van der Waals surface area contributed by atoms with Crippen LogP contribution < -0.4 is 15.4 Å². The molecule has 1 aromatic heterocycles. The molecule has 0 spiro atoms. The molecule has 0 saturated carbocycles. The summed E-state index contributed by atoms with van der Waals surface area (Å²) in [5.41, 5.74) is 1.65. The molecule has 6 heteroatoms. The van der Waals surface area contributed by atoms with Gasteiger partial charge in [-0.1, -0.05) is 18.2 Å². The van der Waals surface area contributed by atoms with Gasteiger partial charge in [0.25, 0.3) is 5.91 Å². The molecule has 3 rings (SSSR count). The molecule has 28 heavy (non-hydrogen) atoms. The quantitative estimate of drug-likeness (QED) is 0.615. The third-order valence-corrected chi connectivity index (χ3v) is 3.92. The van der Waals surface area contributed by atoms with Gasteiger partial charge in [0.1, 0.15) is 17.4 Å². The number of aromatic nitrogens is 1. The second kappa shape index (κ2) is 8.99. The highest BCUT2D eigenvalue weighted by atomic mass is 19.1. The van der Waals surface area contributed by atoms with Crippen LogP contribution in [-0.4, -0.2) is 17.0 Å². The molecule has 0 fully saturated rings. The zero-order valence-electron chi connectivity index (χ0n) is 15.8. The van der Waals surface area contributed by atoms with Gasteiger partial charge < -0.3 is 15.4 Å². The highest BCUT2D eigenvalue weighted by Gasteiger charge is 2.09. The minimum atomic E-state index is -0.284. The Morgan fingerprint density at radius 1 is 1.11 bits per heavy atom. The van der Waals surface area contributed by atoms with E-state index in [0.29, 0.717) is 22.6 Å². The topological polar surface area (TPSA) is 63.2 Å². The van der Waals surface area contributed by atoms with Crippen LogP contribution in [0.25, 0.3) is 0 Å². The van der Waals surface area contributed by atoms with Gasteiger partial charge in [0.05, 0.1) is 6.10 Å². The van der Waals surface area contributed by atoms with Crippen LogP contribution in [0.15, 0.2) is 66.9 Å². The molecule has 0 aliphatic rings. The van der Waals surface area contributed by atoms with E-state index in [1.165, 1.54) is 12.3 Å². The number of anilines is 2. The average molecular weight is 379 g/mol. The van der Waals surface area contributed by atoms with E-state index in [4.69, 9.17) is 4.74 Å². The van der Waals surface area contributed by atoms with Gasteiger partial charge >= 0.3 is 0 Å². The van der Waals surface area contributed by atoms with Gasteiger partial charge in [-0.25, -0.2) is 9.37 Å². The van der Waals surface area contributed by atoms with Crippen LogP contribution in [-0.2, 0) is 6.54 Å². The smallest absolute Gasteiger partial charge is 0.255 e. The monoisotopic (exact) mass is 379 g/mol. The first-order chi connectivity index (χ1) is 13.5. The summed E-state index contributed by atoms with van der Waals surface area (Å²) in [5, 5.41) is 5.88. The fourth-order valence-electron chi connectivity index (χ4n) is 2.59. The van der Waals surface area contributed by atoms with Gasteiger partial charge in [-0.2, -0.15) is 0 Å². The summed E-state index contributed by atoms with van der Waals surface area (Å²) in [6, 6.07) is 17.0. The molecule has 0 atom stereocenters. The predicted molar refractivity (Wildman–Crippen MR) is 108 cm³/mol. The molecule has 2 aromatic carbocycles. The molecular weight excluding hydrogens is 357 g/mol. The summed E-state index contributed by atoms with van der Waals surface area (Å²) in [6.45, 7) is 4.19. The Labute approximate surface area is 163 Å². The van der Waals surface area contributed by atoms with Crippen LogP contribution >= 0.6 is 0 Å². The largest absolute Gasteiger partial charge is 0.491 e. The molecule has 144 valence electrons. The Morgan fingerprint density at radius 2 is 1.86 bits per heavy atom. The normalized spacial score (nSPS) is 10.6. The Balaban J connectivity index is 1.62. The van der Waals surface area contributed by atoms with Gasteiger partial charge in [0.2, 0.25) is 0 Å². The molecule has 0 unspecified atom stereocenters. The van der Waals surface area contributed by atoms with Crippen LogP contribution in [0, 0.1) is 5.82 Å². The van der Waals surface area contributed by atoms with E-state index in [-0.39, 0.29) is 24.4 Å². The Morgan fingerprint density at radius 3 is 2.57 bits per heavy atom. The minimum absolute atomic E-state index is 0.0903. The number of nitrogens with zero attached hydrogens (tertiary/aromatic N) is 1. The van der Waals surface area contributed by atoms with Crippen molar-refractivity contribution in [2.45, 2.75) is 26.5 Å². The SMILES string of the molecule is CC(C)Oc1ccc(NC(=O)c2ccnc(NCc3ccccc3F)c2)cc1. The number of ether oxygens (including phenoxy) is 1. The maximum atomic E-state index is 13.7. The standard InChI is InChI=1S/C22H22FN3O2/c1-15(2)28-19-9-7-18(8-10-19)26-22(27)16-11-12-24-21(13-16)25-14-17-5-3-4-6-20(17)23/h3-13,15H,14H2,1-2H3,(H,24,25)(H,26,27). The summed E-state index contributed by atoms with van der Waals surface area (Å²) in [4.78, 5) is 16.7. The number of hydrogen-bond donors (Lipinski definition) is 2. The average Bonchev–Trinajstić information content (AvgIpc) is 2.69. The zero-order chi connectivity index (χ0) is 19.9. The molecule has 2 N–H and O–H groups in total. The summed E-state index contributed by atoms with van der Waals surface area (Å²) in [5.74, 6) is 0.704. The van der Waals surface area contributed by atoms with Crippen molar-refractivity contribution in [3.05, 3.63) is 83.8 Å². The van der Waals surface area contributed by atoms with Crippen molar-refractivity contribution in [1.82, 2.24) is 4.98 Å². The Kier molecular flexibility index (Phi) is 6.22. The molecule has 5 nitrogen and oxygen atoms in total. The first kappa shape index (κ1) is 19.4. The molecule has 3 aromatic rings. The molecule has 0 radical (unpaired) electrons. The Bertz CT molecular complexity index is 943. The molecule has 0 bridgehead atoms. The third kappa shape index (κ3) is 5.30. The van der Waals surface area contributed by atoms with Crippen LogP contribution in [0.2, 0.25) is 0 Å². The third-order valence-electron chi connectivity index (χ3n) is 3.92. The van der Waals surface area contributed by atoms with Gasteiger partial charge in [-0.05, 0) is 56.3 Å². The van der Waals surface area contributed by atoms with Crippen LogP contribution in [0.5, 0.6) is 5.75 Å². The predicted octanol–water partition coefficient (Wildman–Crippen LogP) is 4.87. The molecule has 1 amide bonds. The molecule has 0 aliphatic heterocycles. The summed E-state index contributed by atoms with van der Waals surface area (Å²) in [7, 11) is 0. The lowest BCUT2D eigenvalue weighted by Gasteiger charge is -2.11. The first-order valence-electron chi connectivity index (χ1n) is 9.02. The van der Waals surface area contributed by atoms with E-state index in [0.717, 1.165) is 5.75 Å². The second-order valence-corrected chi connectivity index (χ2v) is 6.52. The number of amides is 1. The molecule has 1 heterocycles. The highest BCUT2D eigenvalue weighted by molar-refractivity contribution is 6.04. The second-order valence-electron chi connectivity index (χ2n) is 6.52. The maximum absolute atomic E-state index is 13.7. The number of nitrogens with one attached hydrogen (secondary N) is 2. The summed E-state index contributed by atoms with van der Waals surface area (Å²) < 4.78 is 19.3. The van der Waals surface area contributed by atoms with Crippen molar-refractivity contribution in [1.29, 1.82) is 0 Å². The molecule has 0 aliphatic carbocycles. The van der Waals surface area contributed by atoms with E-state index >= 15 is 0 Å². The van der Waals surface area contributed by atoms with Crippen molar-refractivity contribution in [3.8, 4) is 5.75 Å². The number of benzene rings is 2. The summed E-state index contributed by atoms with van der Waals surface area (Å²) >= 11 is 0. The Hall–Kier alpha value is -3.41. The van der Waals surface area contributed by atoms with Crippen molar-refractivity contribution in [2.24, 2.45) is 0 Å². The number of carbonyl (C=O) groups excluding carboxylic acids is 1. The highest BCUT2D eigenvalue weighted by Crippen LogP contribution is 2.18. The van der Waals surface area contributed by atoms with Gasteiger partial charge in [-0.3, -0.25) is 4.79 Å². The van der Waals surface area contributed by atoms with E-state index < -0.39 is 0 Å². The van der Waals surface area contributed by atoms with Crippen molar-refractivity contribution < 1.29 is 13.9 Å². The lowest BCUT2D eigenvalue weighted by molar-refractivity contribution is 0.102. The van der Waals surface area contributed by atoms with E-state index in [1.54, 1.807) is 42.5 Å². The molecular formula is C22H22FN3O2. The lowest BCUT2D eigenvalue weighted by Crippen LogP contribution is -2.13. The number of rotatable bonds is 7. The number of pyridine rings is 1. The van der Waals surface area contributed by atoms with E-state index in [2.05, 4.69) is 15.6 Å². The summed E-state index contributed by atoms with van der Waals surface area (Å²) in [6.07, 6.45) is 1.63. The van der Waals surface area contributed by atoms with Gasteiger partial charge in [-0.15, -0.1) is 0 Å². The number of hydrogen-bond acceptors (Lipinski definition) is 4. The number of carbonyl (C=O) groups is 1. The van der Waals surface area contributed by atoms with Crippen LogP contribution in [0.4, 0.5) is 15.9 Å². The zero-order valence-corrected chi connectivity index (χ0v) is 15.8. The van der Waals surface area contributed by atoms with Crippen molar-refractivity contribution in [3.63, 3.8) is 0 Å². The van der Waals surface area contributed by atoms with Gasteiger partial charge in [0.15, 0.2) is 0 Å². The maximum Gasteiger partial charge on any atom is 0.255 e. The van der Waals surface area contributed by atoms with E-state index in [9.17, 15) is 9.18 Å². The minimum Gasteiger partial charge on any atom is -0.491 e. The lowest BCUT2D eigenvalue weighted by atomic mass is 10.2. The first-order valence-corrected chi connectivity index (χ1v) is 9.02. The fourth-order valence-corrected chi connectivity index (χ4v) is 2.59. The van der Waals surface area contributed by atoms with E-state index in [1.807, 2.05) is 26.0 Å². The number of halogens is 1. The van der Waals surface area contributed by atoms with Crippen molar-refractivity contribution >= 4 is 17.4 Å². The fraction of sp³-hybridized carbons (Fsp3) is 0.182. The van der Waals surface area contributed by atoms with Gasteiger partial charge in [0, 0.05) is 29.6 Å². The van der Waals surface area contributed by atoms with Crippen molar-refractivity contribution in [2.75, 3.05) is 10.6 Å². The van der Waals surface area contributed by atoms with Crippen LogP contribution in [0.1, 0.15) is 29.8 Å².